The predicted molar refractivity (Wildman–Crippen MR) is 97.7 cm³/mol. The summed E-state index contributed by atoms with van der Waals surface area (Å²) in [5.74, 6) is 0.402. The first-order chi connectivity index (χ1) is 11.5. The minimum atomic E-state index is -0.528. The van der Waals surface area contributed by atoms with Gasteiger partial charge in [0.25, 0.3) is 0 Å². The fourth-order valence-corrected chi connectivity index (χ4v) is 4.69. The summed E-state index contributed by atoms with van der Waals surface area (Å²) in [6.07, 6.45) is 6.93. The summed E-state index contributed by atoms with van der Waals surface area (Å²) in [6.45, 7) is 1.75. The second-order valence-corrected chi connectivity index (χ2v) is 8.20. The van der Waals surface area contributed by atoms with Crippen molar-refractivity contribution in [3.8, 4) is 0 Å². The minimum absolute atomic E-state index is 0.153. The number of hydrogen-bond acceptors (Lipinski definition) is 2. The number of halogens is 1. The largest absolute Gasteiger partial charge is 0.389 e. The molecule has 0 radical (unpaired) electrons. The van der Waals surface area contributed by atoms with Crippen LogP contribution in [-0.4, -0.2) is 39.2 Å². The lowest BCUT2D eigenvalue weighted by Gasteiger charge is -2.47. The van der Waals surface area contributed by atoms with Gasteiger partial charge in [-0.05, 0) is 42.8 Å². The highest BCUT2D eigenvalue weighted by Crippen LogP contribution is 2.39. The summed E-state index contributed by atoms with van der Waals surface area (Å²) in [5, 5.41) is 11.9. The maximum absolute atomic E-state index is 12.8. The Morgan fingerprint density at radius 3 is 3.04 bits per heavy atom. The topological polar surface area (TPSA) is 45.5 Å². The number of fused-ring (bicyclic) bond motifs is 2. The minimum Gasteiger partial charge on any atom is -0.389 e. The molecule has 4 rings (SSSR count). The molecule has 2 fully saturated rings. The molecule has 2 atom stereocenters. The van der Waals surface area contributed by atoms with Crippen LogP contribution in [0.4, 0.5) is 0 Å². The van der Waals surface area contributed by atoms with Gasteiger partial charge < -0.3 is 14.6 Å². The first-order valence-electron chi connectivity index (χ1n) is 8.80. The molecule has 1 amide bonds. The molecule has 1 aromatic carbocycles. The van der Waals surface area contributed by atoms with Crippen molar-refractivity contribution in [3.05, 3.63) is 34.9 Å². The van der Waals surface area contributed by atoms with E-state index in [0.717, 1.165) is 41.1 Å². The van der Waals surface area contributed by atoms with Crippen molar-refractivity contribution < 1.29 is 9.90 Å². The number of benzene rings is 1. The molecule has 0 bridgehead atoms. The van der Waals surface area contributed by atoms with Crippen LogP contribution in [0.15, 0.2) is 34.9 Å². The van der Waals surface area contributed by atoms with E-state index in [2.05, 4.69) is 28.1 Å². The monoisotopic (exact) mass is 390 g/mol. The fourth-order valence-electron chi connectivity index (χ4n) is 4.34. The predicted octanol–water partition coefficient (Wildman–Crippen LogP) is 3.56. The molecule has 2 heterocycles. The Balaban J connectivity index is 1.49. The zero-order valence-corrected chi connectivity index (χ0v) is 15.3. The lowest BCUT2D eigenvalue weighted by Crippen LogP contribution is -2.55. The number of hydrogen-bond donors (Lipinski definition) is 1. The molecule has 0 unspecified atom stereocenters. The van der Waals surface area contributed by atoms with Crippen LogP contribution in [0.5, 0.6) is 0 Å². The van der Waals surface area contributed by atoms with Crippen LogP contribution in [0.3, 0.4) is 0 Å². The summed E-state index contributed by atoms with van der Waals surface area (Å²) in [6, 6.07) is 8.18. The van der Waals surface area contributed by atoms with E-state index in [-0.39, 0.29) is 11.8 Å². The number of piperidine rings is 1. The Kier molecular flexibility index (Phi) is 4.17. The quantitative estimate of drug-likeness (QED) is 0.851. The summed E-state index contributed by atoms with van der Waals surface area (Å²) in [7, 11) is 0. The van der Waals surface area contributed by atoms with Gasteiger partial charge in [0.05, 0.1) is 5.60 Å². The zero-order chi connectivity index (χ0) is 16.7. The van der Waals surface area contributed by atoms with E-state index in [4.69, 9.17) is 0 Å². The van der Waals surface area contributed by atoms with Crippen LogP contribution in [-0.2, 0) is 11.3 Å². The van der Waals surface area contributed by atoms with Gasteiger partial charge in [0.15, 0.2) is 0 Å². The van der Waals surface area contributed by atoms with E-state index in [9.17, 15) is 9.90 Å². The SMILES string of the molecule is O=C(Cn1ccc2ccc(Br)cc21)N1CC[C@@]2(O)CCCC[C@H]2C1. The number of carbonyl (C=O) groups is 1. The van der Waals surface area contributed by atoms with Crippen molar-refractivity contribution in [1.29, 1.82) is 0 Å². The smallest absolute Gasteiger partial charge is 0.242 e. The molecule has 2 aliphatic rings. The maximum Gasteiger partial charge on any atom is 0.242 e. The lowest BCUT2D eigenvalue weighted by molar-refractivity contribution is -0.143. The van der Waals surface area contributed by atoms with E-state index in [1.165, 1.54) is 6.42 Å². The van der Waals surface area contributed by atoms with Crippen LogP contribution in [0.1, 0.15) is 32.1 Å². The molecule has 1 aliphatic heterocycles. The third-order valence-electron chi connectivity index (χ3n) is 5.82. The first kappa shape index (κ1) is 16.2. The molecule has 2 aromatic rings. The first-order valence-corrected chi connectivity index (χ1v) is 9.59. The van der Waals surface area contributed by atoms with E-state index in [1.54, 1.807) is 0 Å². The van der Waals surface area contributed by atoms with Crippen molar-refractivity contribution >= 4 is 32.7 Å². The van der Waals surface area contributed by atoms with Gasteiger partial charge in [0, 0.05) is 35.2 Å². The molecular weight excluding hydrogens is 368 g/mol. The maximum atomic E-state index is 12.8. The fraction of sp³-hybridized carbons (Fsp3) is 0.526. The highest BCUT2D eigenvalue weighted by atomic mass is 79.9. The molecule has 4 nitrogen and oxygen atoms in total. The van der Waals surface area contributed by atoms with Gasteiger partial charge in [-0.2, -0.15) is 0 Å². The van der Waals surface area contributed by atoms with Gasteiger partial charge in [-0.3, -0.25) is 4.79 Å². The second-order valence-electron chi connectivity index (χ2n) is 7.28. The van der Waals surface area contributed by atoms with Gasteiger partial charge >= 0.3 is 0 Å². The van der Waals surface area contributed by atoms with Crippen molar-refractivity contribution in [2.45, 2.75) is 44.2 Å². The number of amides is 1. The van der Waals surface area contributed by atoms with Crippen molar-refractivity contribution in [2.75, 3.05) is 13.1 Å². The molecule has 24 heavy (non-hydrogen) atoms. The van der Waals surface area contributed by atoms with Crippen LogP contribution >= 0.6 is 15.9 Å². The van der Waals surface area contributed by atoms with Crippen LogP contribution < -0.4 is 0 Å². The van der Waals surface area contributed by atoms with E-state index < -0.39 is 5.60 Å². The highest BCUT2D eigenvalue weighted by Gasteiger charge is 2.43. The number of nitrogens with zero attached hydrogens (tertiary/aromatic N) is 2. The third kappa shape index (κ3) is 2.88. The average molecular weight is 391 g/mol. The van der Waals surface area contributed by atoms with Gasteiger partial charge in [0.2, 0.25) is 5.91 Å². The van der Waals surface area contributed by atoms with E-state index >= 15 is 0 Å². The summed E-state index contributed by atoms with van der Waals surface area (Å²) < 4.78 is 3.04. The highest BCUT2D eigenvalue weighted by molar-refractivity contribution is 9.10. The number of likely N-dealkylation sites (tertiary alicyclic amines) is 1. The zero-order valence-electron chi connectivity index (χ0n) is 13.7. The van der Waals surface area contributed by atoms with E-state index in [0.29, 0.717) is 19.6 Å². The normalized spacial score (nSPS) is 27.2. The molecule has 1 N–H and O–H groups in total. The third-order valence-corrected chi connectivity index (χ3v) is 6.32. The molecule has 5 heteroatoms. The summed E-state index contributed by atoms with van der Waals surface area (Å²) >= 11 is 3.50. The van der Waals surface area contributed by atoms with Crippen LogP contribution in [0, 0.1) is 5.92 Å². The standard InChI is InChI=1S/C19H23BrN2O2/c20-16-5-4-14-6-9-21(17(14)11-16)13-18(23)22-10-8-19(24)7-2-1-3-15(19)12-22/h4-6,9,11,15,24H,1-3,7-8,10,12-13H2/t15-,19-/m0/s1. The Morgan fingerprint density at radius 2 is 2.17 bits per heavy atom. The molecule has 1 saturated heterocycles. The molecular formula is C19H23BrN2O2. The summed E-state index contributed by atoms with van der Waals surface area (Å²) in [4.78, 5) is 14.7. The number of aliphatic hydroxyl groups is 1. The number of aromatic nitrogens is 1. The van der Waals surface area contributed by atoms with Crippen LogP contribution in [0.25, 0.3) is 10.9 Å². The number of rotatable bonds is 2. The molecule has 1 aliphatic carbocycles. The Bertz CT molecular complexity index is 772. The Morgan fingerprint density at radius 1 is 1.29 bits per heavy atom. The molecule has 128 valence electrons. The van der Waals surface area contributed by atoms with Crippen LogP contribution in [0.2, 0.25) is 0 Å². The molecule has 0 spiro atoms. The van der Waals surface area contributed by atoms with Gasteiger partial charge in [0.1, 0.15) is 6.54 Å². The lowest BCUT2D eigenvalue weighted by atomic mass is 9.71. The van der Waals surface area contributed by atoms with Gasteiger partial charge in [-0.1, -0.05) is 34.8 Å². The Labute approximate surface area is 150 Å². The van der Waals surface area contributed by atoms with Gasteiger partial charge in [-0.15, -0.1) is 0 Å². The average Bonchev–Trinajstić information content (AvgIpc) is 2.96. The van der Waals surface area contributed by atoms with Gasteiger partial charge in [-0.25, -0.2) is 0 Å². The van der Waals surface area contributed by atoms with Crippen molar-refractivity contribution in [2.24, 2.45) is 5.92 Å². The Hall–Kier alpha value is -1.33. The van der Waals surface area contributed by atoms with Crippen molar-refractivity contribution in [3.63, 3.8) is 0 Å². The second kappa shape index (κ2) is 6.19. The number of carbonyl (C=O) groups excluding carboxylic acids is 1. The summed E-state index contributed by atoms with van der Waals surface area (Å²) in [5.41, 5.74) is 0.545. The van der Waals surface area contributed by atoms with Crippen molar-refractivity contribution in [1.82, 2.24) is 9.47 Å². The molecule has 1 saturated carbocycles. The molecule has 1 aromatic heterocycles. The van der Waals surface area contributed by atoms with E-state index in [1.807, 2.05) is 27.8 Å².